The van der Waals surface area contributed by atoms with Gasteiger partial charge >= 0.3 is 12.0 Å². The second-order valence-corrected chi connectivity index (χ2v) is 7.44. The van der Waals surface area contributed by atoms with E-state index in [9.17, 15) is 14.4 Å². The molecule has 3 amide bonds. The lowest BCUT2D eigenvalue weighted by molar-refractivity contribution is -0.127. The van der Waals surface area contributed by atoms with Crippen LogP contribution in [-0.2, 0) is 9.53 Å². The molecule has 8 heteroatoms. The smallest absolute Gasteiger partial charge is 0.338 e. The molecule has 29 heavy (non-hydrogen) atoms. The van der Waals surface area contributed by atoms with Gasteiger partial charge in [0.05, 0.1) is 28.0 Å². The highest BCUT2D eigenvalue weighted by Gasteiger charge is 2.23. The number of carbonyl (C=O) groups is 3. The molecule has 0 saturated heterocycles. The van der Waals surface area contributed by atoms with Gasteiger partial charge in [-0.15, -0.1) is 0 Å². The highest BCUT2D eigenvalue weighted by atomic mass is 16.5. The van der Waals surface area contributed by atoms with E-state index >= 15 is 0 Å². The maximum atomic E-state index is 12.4. The Bertz CT molecular complexity index is 938. The topological polar surface area (TPSA) is 110 Å². The minimum atomic E-state index is -1.11. The van der Waals surface area contributed by atoms with Gasteiger partial charge in [-0.2, -0.15) is 0 Å². The number of ether oxygens (including phenoxy) is 1. The molecule has 3 rings (SSSR count). The van der Waals surface area contributed by atoms with Crippen LogP contribution in [0, 0.1) is 13.8 Å². The largest absolute Gasteiger partial charge is 0.449 e. The number of hydrogen-bond acceptors (Lipinski definition) is 6. The predicted molar refractivity (Wildman–Crippen MR) is 107 cm³/mol. The molecule has 2 aromatic rings. The minimum Gasteiger partial charge on any atom is -0.449 e. The fourth-order valence-corrected chi connectivity index (χ4v) is 3.32. The molecule has 1 aromatic heterocycles. The number of hydrogen-bond donors (Lipinski definition) is 2. The van der Waals surface area contributed by atoms with Crippen LogP contribution in [-0.4, -0.2) is 40.0 Å². The minimum absolute atomic E-state index is 0.0835. The van der Waals surface area contributed by atoms with Crippen molar-refractivity contribution in [1.82, 2.24) is 20.6 Å². The Morgan fingerprint density at radius 1 is 1.03 bits per heavy atom. The van der Waals surface area contributed by atoms with Crippen molar-refractivity contribution < 1.29 is 19.1 Å². The van der Waals surface area contributed by atoms with Gasteiger partial charge < -0.3 is 10.1 Å². The normalized spacial score (nSPS) is 15.6. The van der Waals surface area contributed by atoms with Crippen molar-refractivity contribution in [2.24, 2.45) is 0 Å². The van der Waals surface area contributed by atoms with Crippen molar-refractivity contribution in [3.63, 3.8) is 0 Å². The Balaban J connectivity index is 1.57. The van der Waals surface area contributed by atoms with Gasteiger partial charge in [-0.1, -0.05) is 19.3 Å². The van der Waals surface area contributed by atoms with Crippen molar-refractivity contribution in [2.75, 3.05) is 0 Å². The van der Waals surface area contributed by atoms with E-state index in [1.807, 2.05) is 13.8 Å². The number of aryl methyl sites for hydroxylation is 2. The second-order valence-electron chi connectivity index (χ2n) is 7.44. The first-order valence-corrected chi connectivity index (χ1v) is 9.91. The Morgan fingerprint density at radius 3 is 2.38 bits per heavy atom. The molecular formula is C21H26N4O4. The van der Waals surface area contributed by atoms with Gasteiger partial charge in [0, 0.05) is 6.04 Å². The Morgan fingerprint density at radius 2 is 1.69 bits per heavy atom. The van der Waals surface area contributed by atoms with Gasteiger partial charge in [0.25, 0.3) is 5.91 Å². The number of nitrogens with zero attached hydrogens (tertiary/aromatic N) is 2. The van der Waals surface area contributed by atoms with Crippen molar-refractivity contribution in [3.8, 4) is 0 Å². The van der Waals surface area contributed by atoms with E-state index in [1.165, 1.54) is 13.3 Å². The van der Waals surface area contributed by atoms with E-state index in [1.54, 1.807) is 18.2 Å². The van der Waals surface area contributed by atoms with Crippen molar-refractivity contribution in [2.45, 2.75) is 65.0 Å². The molecule has 8 nitrogen and oxygen atoms in total. The maximum absolute atomic E-state index is 12.4. The van der Waals surface area contributed by atoms with Crippen molar-refractivity contribution in [1.29, 1.82) is 0 Å². The summed E-state index contributed by atoms with van der Waals surface area (Å²) >= 11 is 0. The van der Waals surface area contributed by atoms with Gasteiger partial charge in [0.2, 0.25) is 0 Å². The lowest BCUT2D eigenvalue weighted by Gasteiger charge is -2.23. The van der Waals surface area contributed by atoms with Gasteiger partial charge in [-0.3, -0.25) is 10.1 Å². The number of benzene rings is 1. The zero-order valence-corrected chi connectivity index (χ0v) is 16.9. The molecule has 154 valence electrons. The number of amides is 3. The predicted octanol–water partition coefficient (Wildman–Crippen LogP) is 2.95. The van der Waals surface area contributed by atoms with Gasteiger partial charge in [-0.25, -0.2) is 19.6 Å². The van der Waals surface area contributed by atoms with Crippen LogP contribution in [0.2, 0.25) is 0 Å². The van der Waals surface area contributed by atoms with E-state index in [4.69, 9.17) is 4.74 Å². The molecule has 0 spiro atoms. The fourth-order valence-electron chi connectivity index (χ4n) is 3.32. The first kappa shape index (κ1) is 20.7. The van der Waals surface area contributed by atoms with E-state index in [2.05, 4.69) is 20.6 Å². The number of imide groups is 1. The number of urea groups is 1. The number of carbonyl (C=O) groups excluding carboxylic acids is 3. The summed E-state index contributed by atoms with van der Waals surface area (Å²) in [5.41, 5.74) is 3.12. The third kappa shape index (κ3) is 5.28. The molecule has 0 aliphatic heterocycles. The number of fused-ring (bicyclic) bond motifs is 1. The van der Waals surface area contributed by atoms with E-state index in [0.717, 1.165) is 37.1 Å². The van der Waals surface area contributed by atoms with E-state index in [0.29, 0.717) is 11.0 Å². The summed E-state index contributed by atoms with van der Waals surface area (Å²) in [7, 11) is 0. The molecule has 1 aliphatic carbocycles. The summed E-state index contributed by atoms with van der Waals surface area (Å²) in [6, 6.07) is 4.37. The summed E-state index contributed by atoms with van der Waals surface area (Å²) in [6.45, 7) is 5.14. The molecule has 1 aliphatic rings. The lowest BCUT2D eigenvalue weighted by atomic mass is 9.96. The third-order valence-corrected chi connectivity index (χ3v) is 5.14. The highest BCUT2D eigenvalue weighted by molar-refractivity contribution is 5.99. The first-order valence-electron chi connectivity index (χ1n) is 9.91. The van der Waals surface area contributed by atoms with E-state index < -0.39 is 24.0 Å². The molecule has 1 aromatic carbocycles. The van der Waals surface area contributed by atoms with Crippen LogP contribution in [0.3, 0.4) is 0 Å². The van der Waals surface area contributed by atoms with Crippen molar-refractivity contribution in [3.05, 3.63) is 35.2 Å². The molecule has 1 saturated carbocycles. The molecule has 1 heterocycles. The van der Waals surface area contributed by atoms with Crippen LogP contribution in [0.25, 0.3) is 11.0 Å². The molecule has 0 radical (unpaired) electrons. The Labute approximate surface area is 169 Å². The molecule has 1 fully saturated rings. The summed E-state index contributed by atoms with van der Waals surface area (Å²) in [5, 5.41) is 5.03. The average molecular weight is 398 g/mol. The molecule has 2 N–H and O–H groups in total. The van der Waals surface area contributed by atoms with E-state index in [-0.39, 0.29) is 11.6 Å². The van der Waals surface area contributed by atoms with Crippen LogP contribution >= 0.6 is 0 Å². The number of nitrogens with one attached hydrogen (secondary N) is 2. The number of aromatic nitrogens is 2. The molecule has 0 unspecified atom stereocenters. The summed E-state index contributed by atoms with van der Waals surface area (Å²) < 4.78 is 5.21. The Hall–Kier alpha value is -3.03. The monoisotopic (exact) mass is 398 g/mol. The highest BCUT2D eigenvalue weighted by Crippen LogP contribution is 2.17. The van der Waals surface area contributed by atoms with Crippen LogP contribution in [0.4, 0.5) is 4.79 Å². The lowest BCUT2D eigenvalue weighted by Crippen LogP contribution is -2.48. The fraction of sp³-hybridized carbons (Fsp3) is 0.476. The average Bonchev–Trinajstić information content (AvgIpc) is 2.69. The van der Waals surface area contributed by atoms with Crippen LogP contribution in [0.1, 0.15) is 60.8 Å². The summed E-state index contributed by atoms with van der Waals surface area (Å²) in [6.07, 6.45) is 4.03. The van der Waals surface area contributed by atoms with Crippen LogP contribution < -0.4 is 10.6 Å². The number of rotatable bonds is 4. The summed E-state index contributed by atoms with van der Waals surface area (Å²) in [5.74, 6) is -1.33. The standard InChI is InChI=1S/C21H26N4O4/c1-12-13(2)23-18-11-15(9-10-17(18)22-12)20(27)29-14(3)19(26)25-21(28)24-16-7-5-4-6-8-16/h9-11,14,16H,4-8H2,1-3H3,(H2,24,25,26,28)/t14-/m0/s1. The molecule has 1 atom stereocenters. The zero-order chi connectivity index (χ0) is 21.0. The quantitative estimate of drug-likeness (QED) is 0.766. The van der Waals surface area contributed by atoms with Gasteiger partial charge in [0.1, 0.15) is 0 Å². The first-order chi connectivity index (χ1) is 13.8. The zero-order valence-electron chi connectivity index (χ0n) is 16.9. The number of esters is 1. The van der Waals surface area contributed by atoms with Crippen LogP contribution in [0.15, 0.2) is 18.2 Å². The summed E-state index contributed by atoms with van der Waals surface area (Å²) in [4.78, 5) is 45.4. The second kappa shape index (κ2) is 8.98. The van der Waals surface area contributed by atoms with Crippen molar-refractivity contribution >= 4 is 28.9 Å². The third-order valence-electron chi connectivity index (χ3n) is 5.14. The maximum Gasteiger partial charge on any atom is 0.338 e. The Kier molecular flexibility index (Phi) is 6.41. The SMILES string of the molecule is Cc1nc2ccc(C(=O)O[C@@H](C)C(=O)NC(=O)NC3CCCCC3)cc2nc1C. The van der Waals surface area contributed by atoms with Crippen LogP contribution in [0.5, 0.6) is 0 Å². The van der Waals surface area contributed by atoms with Gasteiger partial charge in [0.15, 0.2) is 6.10 Å². The molecule has 0 bridgehead atoms. The molecular weight excluding hydrogens is 372 g/mol. The van der Waals surface area contributed by atoms with Gasteiger partial charge in [-0.05, 0) is 51.8 Å².